The summed E-state index contributed by atoms with van der Waals surface area (Å²) in [5, 5.41) is 0. The number of rotatable bonds is 6. The molecule has 2 unspecified atom stereocenters. The smallest absolute Gasteiger partial charge is 0.144 e. The molecule has 57 heavy (non-hydrogen) atoms. The maximum atomic E-state index is 5.11. The van der Waals surface area contributed by atoms with Crippen LogP contribution in [0.15, 0.2) is 152 Å². The number of para-hydroxylation sites is 3. The van der Waals surface area contributed by atoms with E-state index in [9.17, 15) is 0 Å². The van der Waals surface area contributed by atoms with Gasteiger partial charge >= 0.3 is 0 Å². The van der Waals surface area contributed by atoms with E-state index in [1.54, 1.807) is 0 Å². The van der Waals surface area contributed by atoms with Crippen molar-refractivity contribution in [2.24, 2.45) is 0 Å². The third kappa shape index (κ3) is 4.83. The van der Waals surface area contributed by atoms with Gasteiger partial charge in [-0.05, 0) is 64.6 Å². The molecule has 4 aliphatic rings. The number of fused-ring (bicyclic) bond motifs is 12. The van der Waals surface area contributed by atoms with Gasteiger partial charge in [-0.15, -0.1) is 0 Å². The Hall–Kier alpha value is -6.39. The van der Waals surface area contributed by atoms with Crippen molar-refractivity contribution in [3.8, 4) is 39.3 Å². The summed E-state index contributed by atoms with van der Waals surface area (Å²) in [5.74, 6) is 2.01. The van der Waals surface area contributed by atoms with Crippen LogP contribution in [-0.4, -0.2) is 15.7 Å². The topological polar surface area (TPSA) is 24.3 Å². The van der Waals surface area contributed by atoms with E-state index in [1.165, 1.54) is 95.2 Å². The molecular weight excluding hydrogens is 693 g/mol. The molecule has 1 aliphatic carbocycles. The number of benzene rings is 6. The highest BCUT2D eigenvalue weighted by atomic mass is 15.4. The quantitative estimate of drug-likeness (QED) is 0.170. The Labute approximate surface area is 336 Å². The van der Waals surface area contributed by atoms with Gasteiger partial charge in [-0.25, -0.2) is 4.98 Å². The van der Waals surface area contributed by atoms with Crippen LogP contribution in [0.1, 0.15) is 92.2 Å². The average molecular weight is 739 g/mol. The van der Waals surface area contributed by atoms with E-state index in [4.69, 9.17) is 4.98 Å². The van der Waals surface area contributed by atoms with Gasteiger partial charge < -0.3 is 9.80 Å². The van der Waals surface area contributed by atoms with Crippen molar-refractivity contribution >= 4 is 28.3 Å². The van der Waals surface area contributed by atoms with Crippen LogP contribution in [0, 0.1) is 0 Å². The van der Waals surface area contributed by atoms with Gasteiger partial charge in [-0.1, -0.05) is 161 Å². The summed E-state index contributed by atoms with van der Waals surface area (Å²) >= 11 is 0. The molecule has 278 valence electrons. The van der Waals surface area contributed by atoms with E-state index in [0.29, 0.717) is 11.8 Å². The van der Waals surface area contributed by atoms with E-state index in [2.05, 4.69) is 195 Å². The molecule has 6 aromatic carbocycles. The lowest BCUT2D eigenvalue weighted by Gasteiger charge is -2.40. The third-order valence-electron chi connectivity index (χ3n) is 12.9. The second-order valence-electron chi connectivity index (χ2n) is 16.6. The molecule has 1 aromatic heterocycles. The summed E-state index contributed by atoms with van der Waals surface area (Å²) in [6, 6.07) is 49.7. The number of allylic oxidation sites excluding steroid dienone is 2. The molecule has 0 N–H and O–H groups in total. The Kier molecular flexibility index (Phi) is 7.63. The van der Waals surface area contributed by atoms with Crippen molar-refractivity contribution in [3.05, 3.63) is 185 Å². The van der Waals surface area contributed by atoms with Gasteiger partial charge in [0.1, 0.15) is 12.0 Å². The third-order valence-corrected chi connectivity index (χ3v) is 12.9. The van der Waals surface area contributed by atoms with Crippen LogP contribution in [0.25, 0.3) is 56.3 Å². The van der Waals surface area contributed by atoms with Gasteiger partial charge in [0.15, 0.2) is 0 Å². The maximum Gasteiger partial charge on any atom is 0.144 e. The normalized spacial score (nSPS) is 17.4. The molecule has 4 heterocycles. The van der Waals surface area contributed by atoms with Crippen molar-refractivity contribution in [3.63, 3.8) is 0 Å². The first-order chi connectivity index (χ1) is 27.9. The number of anilines is 2. The van der Waals surface area contributed by atoms with Gasteiger partial charge in [-0.3, -0.25) is 4.57 Å². The zero-order chi connectivity index (χ0) is 38.5. The first-order valence-electron chi connectivity index (χ1n) is 20.6. The fraction of sp³-hybridized carbons (Fsp3) is 0.189. The molecule has 3 aliphatic heterocycles. The molecule has 0 amide bonds. The summed E-state index contributed by atoms with van der Waals surface area (Å²) in [6.45, 7) is 11.6. The van der Waals surface area contributed by atoms with Crippen LogP contribution in [-0.2, 0) is 0 Å². The lowest BCUT2D eigenvalue weighted by Crippen LogP contribution is -2.40. The Morgan fingerprint density at radius 2 is 1.07 bits per heavy atom. The summed E-state index contributed by atoms with van der Waals surface area (Å²) in [7, 11) is 0. The van der Waals surface area contributed by atoms with Crippen LogP contribution in [0.3, 0.4) is 0 Å². The predicted octanol–water partition coefficient (Wildman–Crippen LogP) is 13.5. The summed E-state index contributed by atoms with van der Waals surface area (Å²) in [6.07, 6.45) is 7.67. The van der Waals surface area contributed by atoms with Crippen molar-refractivity contribution in [2.75, 3.05) is 9.80 Å². The number of nitrogens with zero attached hydrogens (tertiary/aromatic N) is 4. The molecular formula is C53H46N4. The Bertz CT molecular complexity index is 2800. The van der Waals surface area contributed by atoms with Crippen LogP contribution in [0.5, 0.6) is 0 Å². The van der Waals surface area contributed by atoms with E-state index < -0.39 is 0 Å². The largest absolute Gasteiger partial charge is 0.317 e. The molecule has 7 aromatic rings. The predicted molar refractivity (Wildman–Crippen MR) is 238 cm³/mol. The number of hydrogen-bond donors (Lipinski definition) is 0. The molecule has 0 fully saturated rings. The first kappa shape index (κ1) is 33.9. The van der Waals surface area contributed by atoms with E-state index in [1.807, 2.05) is 6.20 Å². The molecule has 0 spiro atoms. The number of aromatic nitrogens is 2. The molecule has 4 nitrogen and oxygen atoms in total. The SMILES string of the molecule is CC(C)c1cccc(C(C)C)c1-n1ccnc1-c1ccccc1C1CC=C1c1cccc2c1N1C(=C3c4ccccc4-c4ccccc4N3C1C)c1ccccc1-2. The lowest BCUT2D eigenvalue weighted by molar-refractivity contribution is 0.754. The minimum atomic E-state index is 0.0628. The Morgan fingerprint density at radius 3 is 1.74 bits per heavy atom. The van der Waals surface area contributed by atoms with Crippen molar-refractivity contribution < 1.29 is 0 Å². The highest BCUT2D eigenvalue weighted by Crippen LogP contribution is 2.60. The molecule has 4 heteroatoms. The average Bonchev–Trinajstić information content (AvgIpc) is 3.84. The van der Waals surface area contributed by atoms with Crippen molar-refractivity contribution in [2.45, 2.75) is 65.0 Å². The van der Waals surface area contributed by atoms with Crippen molar-refractivity contribution in [1.82, 2.24) is 9.55 Å². The summed E-state index contributed by atoms with van der Waals surface area (Å²) in [4.78, 5) is 10.4. The van der Waals surface area contributed by atoms with Crippen LogP contribution in [0.2, 0.25) is 0 Å². The van der Waals surface area contributed by atoms with Crippen LogP contribution >= 0.6 is 0 Å². The highest BCUT2D eigenvalue weighted by molar-refractivity contribution is 6.18. The number of hydrogen-bond acceptors (Lipinski definition) is 3. The van der Waals surface area contributed by atoms with Gasteiger partial charge in [0.05, 0.1) is 28.5 Å². The minimum Gasteiger partial charge on any atom is -0.317 e. The van der Waals surface area contributed by atoms with E-state index >= 15 is 0 Å². The second kappa shape index (κ2) is 12.8. The standard InChI is InChI=1S/C53H46N4/c1-32(2)35-23-14-24-36(33(3)4)49(35)55-31-30-54-53(55)47-22-11-8-16-37(47)40-28-29-41(40)44-26-15-25-43-39-18-7-10-21-46(39)52-51-45-20-9-6-17-38(45)42-19-12-13-27-48(42)56(51)34(5)57(52)50(43)44/h6-27,29-34,40H,28H2,1-5H3. The Balaban J connectivity index is 1.08. The van der Waals surface area contributed by atoms with E-state index in [0.717, 1.165) is 12.2 Å². The van der Waals surface area contributed by atoms with Gasteiger partial charge in [0.25, 0.3) is 0 Å². The number of imidazole rings is 1. The summed E-state index contributed by atoms with van der Waals surface area (Å²) < 4.78 is 2.36. The van der Waals surface area contributed by atoms with Crippen LogP contribution in [0.4, 0.5) is 11.4 Å². The fourth-order valence-electron chi connectivity index (χ4n) is 10.3. The summed E-state index contributed by atoms with van der Waals surface area (Å²) in [5.41, 5.74) is 22.1. The first-order valence-corrected chi connectivity index (χ1v) is 20.6. The molecule has 0 bridgehead atoms. The molecule has 11 rings (SSSR count). The lowest BCUT2D eigenvalue weighted by atomic mass is 9.73. The minimum absolute atomic E-state index is 0.0628. The molecule has 0 radical (unpaired) electrons. The molecule has 0 saturated carbocycles. The molecule has 0 saturated heterocycles. The Morgan fingerprint density at radius 1 is 0.526 bits per heavy atom. The van der Waals surface area contributed by atoms with Gasteiger partial charge in [0, 0.05) is 51.7 Å². The van der Waals surface area contributed by atoms with Gasteiger partial charge in [-0.2, -0.15) is 0 Å². The van der Waals surface area contributed by atoms with Crippen molar-refractivity contribution in [1.29, 1.82) is 0 Å². The second-order valence-corrected chi connectivity index (χ2v) is 16.6. The van der Waals surface area contributed by atoms with Crippen LogP contribution < -0.4 is 9.80 Å². The van der Waals surface area contributed by atoms with E-state index in [-0.39, 0.29) is 12.1 Å². The maximum absolute atomic E-state index is 5.11. The highest BCUT2D eigenvalue weighted by Gasteiger charge is 2.47. The zero-order valence-corrected chi connectivity index (χ0v) is 33.2. The van der Waals surface area contributed by atoms with Gasteiger partial charge in [0.2, 0.25) is 0 Å². The molecule has 2 atom stereocenters. The fourth-order valence-corrected chi connectivity index (χ4v) is 10.3. The monoisotopic (exact) mass is 738 g/mol. The zero-order valence-electron chi connectivity index (χ0n) is 33.2.